The first-order chi connectivity index (χ1) is 7.16. The number of hydrogen-bond donors (Lipinski definition) is 2. The van der Waals surface area contributed by atoms with Gasteiger partial charge in [0.2, 0.25) is 0 Å². The molecule has 0 fully saturated rings. The van der Waals surface area contributed by atoms with Crippen LogP contribution in [-0.4, -0.2) is 27.5 Å². The summed E-state index contributed by atoms with van der Waals surface area (Å²) in [6.45, 7) is 2.46. The lowest BCUT2D eigenvalue weighted by atomic mass is 9.93. The van der Waals surface area contributed by atoms with Gasteiger partial charge in [0.1, 0.15) is 0 Å². The van der Waals surface area contributed by atoms with Crippen LogP contribution in [0.25, 0.3) is 0 Å². The first-order valence-electron chi connectivity index (χ1n) is 5.60. The smallest absolute Gasteiger partial charge is 0.0672 e. The van der Waals surface area contributed by atoms with Gasteiger partial charge in [-0.1, -0.05) is 0 Å². The molecule has 0 unspecified atom stereocenters. The van der Waals surface area contributed by atoms with E-state index >= 15 is 0 Å². The van der Waals surface area contributed by atoms with Crippen LogP contribution < -0.4 is 5.32 Å². The van der Waals surface area contributed by atoms with Crippen molar-refractivity contribution in [1.29, 1.82) is 0 Å². The summed E-state index contributed by atoms with van der Waals surface area (Å²) >= 11 is 0. The average Bonchev–Trinajstić information content (AvgIpc) is 2.55. The fourth-order valence-electron chi connectivity index (χ4n) is 2.19. The quantitative estimate of drug-likeness (QED) is 0.773. The topological polar surface area (TPSA) is 50.1 Å². The number of aromatic nitrogens is 2. The lowest BCUT2D eigenvalue weighted by molar-refractivity contribution is 0.184. The summed E-state index contributed by atoms with van der Waals surface area (Å²) in [6, 6.07) is 0.372. The van der Waals surface area contributed by atoms with E-state index in [0.29, 0.717) is 12.6 Å². The molecular weight excluding hydrogens is 190 g/mol. The van der Waals surface area contributed by atoms with Gasteiger partial charge in [0.25, 0.3) is 0 Å². The molecule has 4 heteroatoms. The van der Waals surface area contributed by atoms with E-state index < -0.39 is 0 Å². The molecule has 1 aliphatic rings. The highest BCUT2D eigenvalue weighted by Gasteiger charge is 2.22. The maximum atomic E-state index is 9.25. The molecule has 0 aromatic carbocycles. The molecule has 2 N–H and O–H groups in total. The molecule has 4 nitrogen and oxygen atoms in total. The fraction of sp³-hybridized carbons (Fsp3) is 0.727. The zero-order valence-corrected chi connectivity index (χ0v) is 9.40. The summed E-state index contributed by atoms with van der Waals surface area (Å²) in [7, 11) is 1.96. The van der Waals surface area contributed by atoms with Gasteiger partial charge in [0.15, 0.2) is 0 Å². The van der Waals surface area contributed by atoms with Crippen molar-refractivity contribution in [2.24, 2.45) is 7.05 Å². The fourth-order valence-corrected chi connectivity index (χ4v) is 2.19. The van der Waals surface area contributed by atoms with Crippen LogP contribution in [0.4, 0.5) is 0 Å². The second kappa shape index (κ2) is 4.33. The number of hydrogen-bond acceptors (Lipinski definition) is 3. The standard InChI is InChI=1S/C11H19N3O/c1-8(15)6-12-10-4-3-5-11-9(10)7-14(2)13-11/h7-8,10,12,15H,3-6H2,1-2H3/t8-,10-/m0/s1. The van der Waals surface area contributed by atoms with Crippen LogP contribution in [-0.2, 0) is 13.5 Å². The van der Waals surface area contributed by atoms with E-state index in [0.717, 1.165) is 12.8 Å². The average molecular weight is 209 g/mol. The Kier molecular flexibility index (Phi) is 3.07. The van der Waals surface area contributed by atoms with E-state index in [2.05, 4.69) is 16.6 Å². The Balaban J connectivity index is 2.08. The van der Waals surface area contributed by atoms with Gasteiger partial charge in [-0.15, -0.1) is 0 Å². The van der Waals surface area contributed by atoms with Gasteiger partial charge in [0, 0.05) is 31.4 Å². The normalized spacial score (nSPS) is 22.5. The Hall–Kier alpha value is -0.870. The van der Waals surface area contributed by atoms with Crippen molar-refractivity contribution >= 4 is 0 Å². The molecule has 0 amide bonds. The second-order valence-electron chi connectivity index (χ2n) is 4.41. The van der Waals surface area contributed by atoms with Crippen LogP contribution in [0.1, 0.15) is 37.1 Å². The molecule has 2 atom stereocenters. The Morgan fingerprint density at radius 3 is 3.27 bits per heavy atom. The van der Waals surface area contributed by atoms with Crippen LogP contribution >= 0.6 is 0 Å². The molecule has 1 aromatic heterocycles. The third-order valence-corrected chi connectivity index (χ3v) is 2.88. The van der Waals surface area contributed by atoms with Crippen molar-refractivity contribution in [3.05, 3.63) is 17.5 Å². The Morgan fingerprint density at radius 1 is 1.73 bits per heavy atom. The Morgan fingerprint density at radius 2 is 2.53 bits per heavy atom. The maximum Gasteiger partial charge on any atom is 0.0672 e. The monoisotopic (exact) mass is 209 g/mol. The summed E-state index contributed by atoms with van der Waals surface area (Å²) in [5.74, 6) is 0. The molecule has 0 saturated carbocycles. The number of rotatable bonds is 3. The molecular formula is C11H19N3O. The van der Waals surface area contributed by atoms with Crippen molar-refractivity contribution in [2.75, 3.05) is 6.54 Å². The molecule has 2 rings (SSSR count). The largest absolute Gasteiger partial charge is 0.392 e. The maximum absolute atomic E-state index is 9.25. The highest BCUT2D eigenvalue weighted by molar-refractivity contribution is 5.24. The van der Waals surface area contributed by atoms with E-state index in [9.17, 15) is 5.11 Å². The molecule has 0 spiro atoms. The van der Waals surface area contributed by atoms with E-state index in [4.69, 9.17) is 0 Å². The number of aliphatic hydroxyl groups excluding tert-OH is 1. The molecule has 1 aromatic rings. The minimum Gasteiger partial charge on any atom is -0.392 e. The molecule has 0 saturated heterocycles. The van der Waals surface area contributed by atoms with Gasteiger partial charge >= 0.3 is 0 Å². The van der Waals surface area contributed by atoms with Crippen LogP contribution in [0.5, 0.6) is 0 Å². The van der Waals surface area contributed by atoms with Crippen LogP contribution in [0.2, 0.25) is 0 Å². The number of aryl methyl sites for hydroxylation is 2. The summed E-state index contributed by atoms with van der Waals surface area (Å²) in [4.78, 5) is 0. The lowest BCUT2D eigenvalue weighted by Gasteiger charge is -2.23. The molecule has 15 heavy (non-hydrogen) atoms. The highest BCUT2D eigenvalue weighted by atomic mass is 16.3. The SMILES string of the molecule is C[C@H](O)CN[C@H]1CCCc2nn(C)cc21. The lowest BCUT2D eigenvalue weighted by Crippen LogP contribution is -2.30. The summed E-state index contributed by atoms with van der Waals surface area (Å²) in [5, 5.41) is 17.1. The molecule has 84 valence electrons. The number of nitrogens with zero attached hydrogens (tertiary/aromatic N) is 2. The van der Waals surface area contributed by atoms with Gasteiger partial charge in [0.05, 0.1) is 11.8 Å². The van der Waals surface area contributed by atoms with Gasteiger partial charge in [-0.25, -0.2) is 0 Å². The molecule has 1 aliphatic carbocycles. The first-order valence-corrected chi connectivity index (χ1v) is 5.60. The zero-order chi connectivity index (χ0) is 10.8. The van der Waals surface area contributed by atoms with Gasteiger partial charge in [-0.05, 0) is 26.2 Å². The van der Waals surface area contributed by atoms with E-state index in [1.54, 1.807) is 6.92 Å². The van der Waals surface area contributed by atoms with Crippen molar-refractivity contribution in [1.82, 2.24) is 15.1 Å². The minimum atomic E-state index is -0.285. The van der Waals surface area contributed by atoms with Gasteiger partial charge in [-0.2, -0.15) is 5.10 Å². The molecule has 0 aliphatic heterocycles. The van der Waals surface area contributed by atoms with E-state index in [1.165, 1.54) is 17.7 Å². The van der Waals surface area contributed by atoms with Crippen molar-refractivity contribution in [3.63, 3.8) is 0 Å². The van der Waals surface area contributed by atoms with E-state index in [-0.39, 0.29) is 6.10 Å². The molecule has 0 bridgehead atoms. The van der Waals surface area contributed by atoms with Crippen molar-refractivity contribution in [2.45, 2.75) is 38.3 Å². The Labute approximate surface area is 90.3 Å². The number of aliphatic hydroxyl groups is 1. The first kappa shape index (κ1) is 10.6. The Bertz CT molecular complexity index is 333. The van der Waals surface area contributed by atoms with Crippen molar-refractivity contribution in [3.8, 4) is 0 Å². The minimum absolute atomic E-state index is 0.285. The third-order valence-electron chi connectivity index (χ3n) is 2.88. The number of fused-ring (bicyclic) bond motifs is 1. The van der Waals surface area contributed by atoms with Gasteiger partial charge < -0.3 is 10.4 Å². The second-order valence-corrected chi connectivity index (χ2v) is 4.41. The number of nitrogens with one attached hydrogen (secondary N) is 1. The summed E-state index contributed by atoms with van der Waals surface area (Å²) in [6.07, 6.45) is 5.22. The molecule has 0 radical (unpaired) electrons. The third kappa shape index (κ3) is 2.38. The molecule has 1 heterocycles. The summed E-state index contributed by atoms with van der Waals surface area (Å²) < 4.78 is 1.88. The van der Waals surface area contributed by atoms with Gasteiger partial charge in [-0.3, -0.25) is 4.68 Å². The highest BCUT2D eigenvalue weighted by Crippen LogP contribution is 2.28. The van der Waals surface area contributed by atoms with Crippen LogP contribution in [0.15, 0.2) is 6.20 Å². The predicted octanol–water partition coefficient (Wildman–Crippen LogP) is 0.768. The van der Waals surface area contributed by atoms with E-state index in [1.807, 2.05) is 11.7 Å². The predicted molar refractivity (Wildman–Crippen MR) is 58.6 cm³/mol. The van der Waals surface area contributed by atoms with Crippen LogP contribution in [0.3, 0.4) is 0 Å². The zero-order valence-electron chi connectivity index (χ0n) is 9.40. The summed E-state index contributed by atoms with van der Waals surface area (Å²) in [5.41, 5.74) is 2.52. The van der Waals surface area contributed by atoms with Crippen molar-refractivity contribution < 1.29 is 5.11 Å². The van der Waals surface area contributed by atoms with Crippen LogP contribution in [0, 0.1) is 0 Å².